The van der Waals surface area contributed by atoms with Gasteiger partial charge in [-0.15, -0.1) is 0 Å². The van der Waals surface area contributed by atoms with Gasteiger partial charge in [-0.1, -0.05) is 102 Å². The van der Waals surface area contributed by atoms with Crippen LogP contribution in [0.15, 0.2) is 72.3 Å². The Labute approximate surface area is 138 Å². The minimum Gasteiger partial charge on any atom is -0.0902 e. The molecule has 0 aliphatic heterocycles. The average Bonchev–Trinajstić information content (AvgIpc) is 2.57. The molecule has 22 heavy (non-hydrogen) atoms. The van der Waals surface area contributed by atoms with Crippen molar-refractivity contribution in [2.45, 2.75) is 26.7 Å². The molecule has 0 heterocycles. The Bertz CT molecular complexity index is 517. The fourth-order valence-corrected chi connectivity index (χ4v) is 8.73. The third-order valence-corrected chi connectivity index (χ3v) is 9.94. The molecule has 2 aromatic rings. The Kier molecular flexibility index (Phi) is 7.31. The van der Waals surface area contributed by atoms with E-state index >= 15 is 0 Å². The van der Waals surface area contributed by atoms with Crippen molar-refractivity contribution in [1.29, 1.82) is 0 Å². The van der Waals surface area contributed by atoms with E-state index in [1.54, 1.807) is 0 Å². The maximum absolute atomic E-state index is 4.60. The second kappa shape index (κ2) is 9.24. The minimum atomic E-state index is -0.440. The first-order valence-corrected chi connectivity index (χ1v) is 11.2. The molecule has 0 aliphatic carbocycles. The van der Waals surface area contributed by atoms with Gasteiger partial charge in [0.2, 0.25) is 0 Å². The van der Waals surface area contributed by atoms with E-state index in [0.717, 1.165) is 0 Å². The first-order chi connectivity index (χ1) is 10.8. The van der Waals surface area contributed by atoms with Crippen LogP contribution in [-0.2, 0) is 0 Å². The number of hydrogen-bond donors (Lipinski definition) is 0. The van der Waals surface area contributed by atoms with E-state index in [-0.39, 0.29) is 7.92 Å². The van der Waals surface area contributed by atoms with E-state index in [4.69, 9.17) is 0 Å². The highest BCUT2D eigenvalue weighted by Crippen LogP contribution is 2.60. The van der Waals surface area contributed by atoms with E-state index < -0.39 is 7.92 Å². The van der Waals surface area contributed by atoms with Crippen molar-refractivity contribution in [2.24, 2.45) is 0 Å². The van der Waals surface area contributed by atoms with Crippen LogP contribution in [0.5, 0.6) is 0 Å². The van der Waals surface area contributed by atoms with Gasteiger partial charge < -0.3 is 0 Å². The van der Waals surface area contributed by atoms with E-state index in [1.165, 1.54) is 40.8 Å². The third-order valence-electron chi connectivity index (χ3n) is 3.64. The van der Waals surface area contributed by atoms with Crippen LogP contribution in [-0.4, -0.2) is 12.3 Å². The number of hydrogen-bond acceptors (Lipinski definition) is 0. The third kappa shape index (κ3) is 4.52. The van der Waals surface area contributed by atoms with Crippen molar-refractivity contribution < 1.29 is 0 Å². The van der Waals surface area contributed by atoms with Gasteiger partial charge in [0.05, 0.1) is 0 Å². The SMILES string of the molecule is C=C(P(CCC)CCC)P(c1ccccc1)c1ccccc1. The summed E-state index contributed by atoms with van der Waals surface area (Å²) in [6.07, 6.45) is 5.16. The zero-order valence-corrected chi connectivity index (χ0v) is 15.5. The summed E-state index contributed by atoms with van der Waals surface area (Å²) in [7, 11) is -0.515. The van der Waals surface area contributed by atoms with Gasteiger partial charge in [-0.2, -0.15) is 0 Å². The van der Waals surface area contributed by atoms with Crippen LogP contribution in [0.4, 0.5) is 0 Å². The molecule has 0 atom stereocenters. The van der Waals surface area contributed by atoms with Gasteiger partial charge in [0.15, 0.2) is 0 Å². The van der Waals surface area contributed by atoms with Gasteiger partial charge >= 0.3 is 0 Å². The maximum atomic E-state index is 4.60. The lowest BCUT2D eigenvalue weighted by molar-refractivity contribution is 1.06. The van der Waals surface area contributed by atoms with Crippen molar-refractivity contribution in [3.8, 4) is 0 Å². The number of rotatable bonds is 8. The van der Waals surface area contributed by atoms with Crippen LogP contribution in [0.2, 0.25) is 0 Å². The molecule has 2 rings (SSSR count). The molecule has 2 aromatic carbocycles. The standard InChI is InChI=1S/C20H26P2/c1-4-16-21(17-5-2)18(3)22(19-12-8-6-9-13-19)20-14-10-7-11-15-20/h6-15H,3-5,16-17H2,1-2H3. The molecule has 0 saturated carbocycles. The maximum Gasteiger partial charge on any atom is -0.0136 e. The normalized spacial score (nSPS) is 11.1. The first-order valence-electron chi connectivity index (χ1n) is 8.12. The van der Waals surface area contributed by atoms with Crippen LogP contribution in [0.1, 0.15) is 26.7 Å². The molecule has 0 aliphatic rings. The highest BCUT2D eigenvalue weighted by Gasteiger charge is 2.22. The lowest BCUT2D eigenvalue weighted by atomic mass is 10.4. The topological polar surface area (TPSA) is 0 Å². The molecule has 0 saturated heterocycles. The molecule has 116 valence electrons. The molecule has 0 N–H and O–H groups in total. The fraction of sp³-hybridized carbons (Fsp3) is 0.300. The zero-order valence-electron chi connectivity index (χ0n) is 13.7. The van der Waals surface area contributed by atoms with Crippen LogP contribution in [0.25, 0.3) is 0 Å². The Morgan fingerprint density at radius 2 is 1.18 bits per heavy atom. The summed E-state index contributed by atoms with van der Waals surface area (Å²) in [6, 6.07) is 21.9. The molecule has 0 aromatic heterocycles. The number of benzene rings is 2. The summed E-state index contributed by atoms with van der Waals surface area (Å²) in [5.41, 5.74) is 0. The zero-order chi connectivity index (χ0) is 15.8. The van der Waals surface area contributed by atoms with Gasteiger partial charge in [0.25, 0.3) is 0 Å². The Morgan fingerprint density at radius 3 is 1.55 bits per heavy atom. The van der Waals surface area contributed by atoms with Crippen molar-refractivity contribution in [1.82, 2.24) is 0 Å². The van der Waals surface area contributed by atoms with Crippen molar-refractivity contribution in [3.63, 3.8) is 0 Å². The predicted octanol–water partition coefficient (Wildman–Crippen LogP) is 5.89. The van der Waals surface area contributed by atoms with Gasteiger partial charge in [-0.05, 0) is 35.9 Å². The average molecular weight is 328 g/mol. The highest BCUT2D eigenvalue weighted by atomic mass is 31.2. The molecule has 0 nitrogen and oxygen atoms in total. The Balaban J connectivity index is 2.38. The van der Waals surface area contributed by atoms with Crippen LogP contribution < -0.4 is 10.6 Å². The molecule has 0 radical (unpaired) electrons. The van der Waals surface area contributed by atoms with Crippen molar-refractivity contribution in [3.05, 3.63) is 72.3 Å². The van der Waals surface area contributed by atoms with Gasteiger partial charge in [-0.3, -0.25) is 0 Å². The summed E-state index contributed by atoms with van der Waals surface area (Å²) in [6.45, 7) is 9.20. The van der Waals surface area contributed by atoms with Crippen LogP contribution in [0.3, 0.4) is 0 Å². The summed E-state index contributed by atoms with van der Waals surface area (Å²) < 4.78 is 0. The van der Waals surface area contributed by atoms with Crippen LogP contribution in [0, 0.1) is 0 Å². The monoisotopic (exact) mass is 328 g/mol. The molecular formula is C20H26P2. The smallest absolute Gasteiger partial charge is 0.0136 e. The van der Waals surface area contributed by atoms with Gasteiger partial charge in [0, 0.05) is 0 Å². The molecular weight excluding hydrogens is 302 g/mol. The summed E-state index contributed by atoms with van der Waals surface area (Å²) in [5.74, 6) is 0. The molecule has 0 spiro atoms. The summed E-state index contributed by atoms with van der Waals surface area (Å²) >= 11 is 0. The van der Waals surface area contributed by atoms with E-state index in [1.807, 2.05) is 0 Å². The largest absolute Gasteiger partial charge is 0.0902 e. The minimum absolute atomic E-state index is 0.0743. The Hall–Kier alpha value is -0.960. The van der Waals surface area contributed by atoms with Crippen molar-refractivity contribution in [2.75, 3.05) is 12.3 Å². The van der Waals surface area contributed by atoms with Crippen molar-refractivity contribution >= 4 is 26.5 Å². The molecule has 0 bridgehead atoms. The molecule has 2 heteroatoms. The fourth-order valence-electron chi connectivity index (χ4n) is 2.65. The lowest BCUT2D eigenvalue weighted by Gasteiger charge is -2.28. The van der Waals surface area contributed by atoms with E-state index in [9.17, 15) is 0 Å². The van der Waals surface area contributed by atoms with Gasteiger partial charge in [-0.25, -0.2) is 0 Å². The summed E-state index contributed by atoms with van der Waals surface area (Å²) in [5, 5.41) is 4.38. The molecule has 0 amide bonds. The first kappa shape index (κ1) is 17.4. The second-order valence-electron chi connectivity index (χ2n) is 5.41. The second-order valence-corrected chi connectivity index (χ2v) is 10.5. The quantitative estimate of drug-likeness (QED) is 0.530. The lowest BCUT2D eigenvalue weighted by Crippen LogP contribution is -2.13. The van der Waals surface area contributed by atoms with E-state index in [0.29, 0.717) is 0 Å². The summed E-state index contributed by atoms with van der Waals surface area (Å²) in [4.78, 5) is 0. The van der Waals surface area contributed by atoms with Crippen LogP contribution >= 0.6 is 15.8 Å². The predicted molar refractivity (Wildman–Crippen MR) is 105 cm³/mol. The van der Waals surface area contributed by atoms with E-state index in [2.05, 4.69) is 81.1 Å². The van der Waals surface area contributed by atoms with Gasteiger partial charge in [0.1, 0.15) is 0 Å². The molecule has 0 fully saturated rings. The Morgan fingerprint density at radius 1 is 0.773 bits per heavy atom. The highest BCUT2D eigenvalue weighted by molar-refractivity contribution is 7.89. The molecule has 0 unspecified atom stereocenters.